The van der Waals surface area contributed by atoms with Crippen molar-refractivity contribution < 1.29 is 8.42 Å². The number of rotatable bonds is 5. The summed E-state index contributed by atoms with van der Waals surface area (Å²) in [6, 6.07) is 10.3. The van der Waals surface area contributed by atoms with Gasteiger partial charge in [0.05, 0.1) is 6.26 Å². The summed E-state index contributed by atoms with van der Waals surface area (Å²) in [5.74, 6) is 0. The van der Waals surface area contributed by atoms with Crippen LogP contribution in [0.15, 0.2) is 42.5 Å². The van der Waals surface area contributed by atoms with Crippen molar-refractivity contribution in [2.75, 3.05) is 6.26 Å². The first-order chi connectivity index (χ1) is 9.39. The molecule has 0 aromatic heterocycles. The number of nitrogens with zero attached hydrogens (tertiary/aromatic N) is 1. The molecule has 3 nitrogen and oxygen atoms in total. The molecule has 2 unspecified atom stereocenters. The van der Waals surface area contributed by atoms with E-state index >= 15 is 0 Å². The average Bonchev–Trinajstić information content (AvgIpc) is 2.81. The lowest BCUT2D eigenvalue weighted by Gasteiger charge is -2.28. The van der Waals surface area contributed by atoms with Crippen molar-refractivity contribution in [2.24, 2.45) is 0 Å². The normalized spacial score (nSPS) is 23.9. The second-order valence-electron chi connectivity index (χ2n) is 5.71. The number of sulfonamides is 1. The Morgan fingerprint density at radius 2 is 1.95 bits per heavy atom. The molecule has 0 saturated carbocycles. The molecule has 0 aliphatic carbocycles. The van der Waals surface area contributed by atoms with Crippen molar-refractivity contribution in [1.29, 1.82) is 0 Å². The van der Waals surface area contributed by atoms with Crippen LogP contribution in [0.1, 0.15) is 31.7 Å². The van der Waals surface area contributed by atoms with Crippen LogP contribution in [0.25, 0.3) is 0 Å². The standard InChI is InChI=1S/C16H23NO2S/c1-13(2)16-12-11-15(17(16)20(3,18)19)10-9-14-7-5-4-6-8-14/h4-8,15-16H,1,9-12H2,2-3H3. The first kappa shape index (κ1) is 15.3. The van der Waals surface area contributed by atoms with Crippen molar-refractivity contribution in [3.8, 4) is 0 Å². The second kappa shape index (κ2) is 6.10. The van der Waals surface area contributed by atoms with Crippen molar-refractivity contribution in [3.63, 3.8) is 0 Å². The zero-order valence-corrected chi connectivity index (χ0v) is 13.1. The predicted octanol–water partition coefficient (Wildman–Crippen LogP) is 2.99. The van der Waals surface area contributed by atoms with Crippen molar-refractivity contribution >= 4 is 10.0 Å². The largest absolute Gasteiger partial charge is 0.212 e. The summed E-state index contributed by atoms with van der Waals surface area (Å²) in [7, 11) is -3.18. The molecule has 110 valence electrons. The molecule has 2 rings (SSSR count). The van der Waals surface area contributed by atoms with Gasteiger partial charge in [-0.05, 0) is 38.2 Å². The van der Waals surface area contributed by atoms with Gasteiger partial charge in [0.2, 0.25) is 10.0 Å². The fourth-order valence-electron chi connectivity index (χ4n) is 3.07. The molecule has 1 saturated heterocycles. The zero-order valence-electron chi connectivity index (χ0n) is 12.2. The van der Waals surface area contributed by atoms with E-state index in [1.54, 1.807) is 4.31 Å². The van der Waals surface area contributed by atoms with E-state index in [0.717, 1.165) is 31.3 Å². The van der Waals surface area contributed by atoms with Crippen LogP contribution in [0, 0.1) is 0 Å². The highest BCUT2D eigenvalue weighted by atomic mass is 32.2. The third kappa shape index (κ3) is 3.49. The van der Waals surface area contributed by atoms with Gasteiger partial charge in [0, 0.05) is 12.1 Å². The van der Waals surface area contributed by atoms with Gasteiger partial charge >= 0.3 is 0 Å². The number of aryl methyl sites for hydroxylation is 1. The summed E-state index contributed by atoms with van der Waals surface area (Å²) < 4.78 is 25.8. The Morgan fingerprint density at radius 1 is 1.30 bits per heavy atom. The van der Waals surface area contributed by atoms with E-state index in [1.165, 1.54) is 11.8 Å². The van der Waals surface area contributed by atoms with E-state index in [9.17, 15) is 8.42 Å². The van der Waals surface area contributed by atoms with Gasteiger partial charge in [0.1, 0.15) is 0 Å². The Bertz CT molecular complexity index is 565. The molecule has 1 heterocycles. The summed E-state index contributed by atoms with van der Waals surface area (Å²) >= 11 is 0. The lowest BCUT2D eigenvalue weighted by molar-refractivity contribution is 0.334. The first-order valence-electron chi connectivity index (χ1n) is 7.07. The second-order valence-corrected chi connectivity index (χ2v) is 7.60. The van der Waals surface area contributed by atoms with Gasteiger partial charge in [-0.2, -0.15) is 4.31 Å². The predicted molar refractivity (Wildman–Crippen MR) is 83.1 cm³/mol. The van der Waals surface area contributed by atoms with Crippen LogP contribution in [0.5, 0.6) is 0 Å². The minimum Gasteiger partial charge on any atom is -0.212 e. The number of hydrogen-bond acceptors (Lipinski definition) is 2. The van der Waals surface area contributed by atoms with E-state index in [4.69, 9.17) is 0 Å². The van der Waals surface area contributed by atoms with Gasteiger partial charge in [-0.15, -0.1) is 0 Å². The van der Waals surface area contributed by atoms with E-state index in [-0.39, 0.29) is 12.1 Å². The van der Waals surface area contributed by atoms with Gasteiger partial charge in [-0.1, -0.05) is 42.5 Å². The molecule has 0 N–H and O–H groups in total. The summed E-state index contributed by atoms with van der Waals surface area (Å²) in [4.78, 5) is 0. The minimum atomic E-state index is -3.18. The third-order valence-electron chi connectivity index (χ3n) is 4.00. The Morgan fingerprint density at radius 3 is 2.50 bits per heavy atom. The molecule has 20 heavy (non-hydrogen) atoms. The molecular weight excluding hydrogens is 270 g/mol. The molecule has 0 bridgehead atoms. The molecule has 1 fully saturated rings. The molecule has 2 atom stereocenters. The molecule has 1 aliphatic heterocycles. The maximum atomic E-state index is 12.1. The number of hydrogen-bond donors (Lipinski definition) is 0. The Labute approximate surface area is 122 Å². The van der Waals surface area contributed by atoms with Gasteiger partial charge in [-0.25, -0.2) is 8.42 Å². The molecule has 1 aromatic rings. The monoisotopic (exact) mass is 293 g/mol. The minimum absolute atomic E-state index is 0.0224. The quantitative estimate of drug-likeness (QED) is 0.783. The Kier molecular flexibility index (Phi) is 4.66. The van der Waals surface area contributed by atoms with E-state index in [1.807, 2.05) is 25.1 Å². The molecule has 1 aliphatic rings. The highest BCUT2D eigenvalue weighted by molar-refractivity contribution is 7.88. The smallest absolute Gasteiger partial charge is 0.212 e. The van der Waals surface area contributed by atoms with Crippen molar-refractivity contribution in [2.45, 2.75) is 44.7 Å². The van der Waals surface area contributed by atoms with Gasteiger partial charge < -0.3 is 0 Å². The Hall–Kier alpha value is -1.13. The molecule has 0 radical (unpaired) electrons. The Balaban J connectivity index is 2.09. The fraction of sp³-hybridized carbons (Fsp3) is 0.500. The lowest BCUT2D eigenvalue weighted by atomic mass is 10.0. The SMILES string of the molecule is C=C(C)C1CCC(CCc2ccccc2)N1S(C)(=O)=O. The van der Waals surface area contributed by atoms with E-state index in [2.05, 4.69) is 18.7 Å². The molecule has 0 spiro atoms. The van der Waals surface area contributed by atoms with Gasteiger partial charge in [0.15, 0.2) is 0 Å². The first-order valence-corrected chi connectivity index (χ1v) is 8.92. The van der Waals surface area contributed by atoms with Crippen molar-refractivity contribution in [1.82, 2.24) is 4.31 Å². The average molecular weight is 293 g/mol. The van der Waals surface area contributed by atoms with Crippen LogP contribution in [-0.4, -0.2) is 31.1 Å². The lowest BCUT2D eigenvalue weighted by Crippen LogP contribution is -2.41. The van der Waals surface area contributed by atoms with Gasteiger partial charge in [0.25, 0.3) is 0 Å². The third-order valence-corrected chi connectivity index (χ3v) is 5.32. The summed E-state index contributed by atoms with van der Waals surface area (Å²) in [5, 5.41) is 0. The molecule has 0 amide bonds. The zero-order chi connectivity index (χ0) is 14.8. The van der Waals surface area contributed by atoms with Crippen LogP contribution in [-0.2, 0) is 16.4 Å². The highest BCUT2D eigenvalue weighted by Crippen LogP contribution is 2.32. The van der Waals surface area contributed by atoms with Crippen LogP contribution in [0.4, 0.5) is 0 Å². The topological polar surface area (TPSA) is 37.4 Å². The summed E-state index contributed by atoms with van der Waals surface area (Å²) in [6.07, 6.45) is 4.92. The molecular formula is C16H23NO2S. The summed E-state index contributed by atoms with van der Waals surface area (Å²) in [6.45, 7) is 5.87. The van der Waals surface area contributed by atoms with Crippen LogP contribution < -0.4 is 0 Å². The van der Waals surface area contributed by atoms with Crippen LogP contribution >= 0.6 is 0 Å². The molecule has 4 heteroatoms. The fourth-order valence-corrected chi connectivity index (χ4v) is 4.57. The maximum Gasteiger partial charge on any atom is 0.212 e. The highest BCUT2D eigenvalue weighted by Gasteiger charge is 2.39. The molecule has 1 aromatic carbocycles. The number of benzene rings is 1. The van der Waals surface area contributed by atoms with Crippen molar-refractivity contribution in [3.05, 3.63) is 48.0 Å². The van der Waals surface area contributed by atoms with E-state index < -0.39 is 10.0 Å². The van der Waals surface area contributed by atoms with Crippen LogP contribution in [0.3, 0.4) is 0 Å². The van der Waals surface area contributed by atoms with Gasteiger partial charge in [-0.3, -0.25) is 0 Å². The summed E-state index contributed by atoms with van der Waals surface area (Å²) in [5.41, 5.74) is 2.21. The maximum absolute atomic E-state index is 12.1. The van der Waals surface area contributed by atoms with Crippen LogP contribution in [0.2, 0.25) is 0 Å². The van der Waals surface area contributed by atoms with E-state index in [0.29, 0.717) is 0 Å².